The molecule has 2 aromatic heterocycles. The maximum atomic E-state index is 12.9. The largest absolute Gasteiger partial charge is 0.370 e. The Bertz CT molecular complexity index is 771. The molecule has 0 spiro atoms. The second-order valence-corrected chi connectivity index (χ2v) is 7.08. The first-order valence-corrected chi connectivity index (χ1v) is 9.03. The summed E-state index contributed by atoms with van der Waals surface area (Å²) in [5, 5.41) is 7.11. The fourth-order valence-electron chi connectivity index (χ4n) is 3.08. The van der Waals surface area contributed by atoms with Crippen molar-refractivity contribution < 1.29 is 14.1 Å². The number of anilines is 1. The Morgan fingerprint density at radius 3 is 2.85 bits per heavy atom. The minimum Gasteiger partial charge on any atom is -0.370 e. The first kappa shape index (κ1) is 17.0. The topological polar surface area (TPSA) is 93.4 Å². The fourth-order valence-corrected chi connectivity index (χ4v) is 3.08. The van der Waals surface area contributed by atoms with Crippen LogP contribution in [0.4, 0.5) is 5.82 Å². The SMILES string of the molecule is Cc1noc([C@H]2CN(C(=O)c3ccc(NCC4CC4)nc3)C[C@@H](C)O2)n1. The standard InChI is InChI=1S/C18H23N5O3/c1-11-9-23(10-15(25-11)17-21-12(2)22-26-17)18(24)14-5-6-16(20-8-14)19-7-13-3-4-13/h5-6,8,11,13,15H,3-4,7,9-10H2,1-2H3,(H,19,20)/t11-,15-/m1/s1. The average Bonchev–Trinajstić information content (AvgIpc) is 3.38. The lowest BCUT2D eigenvalue weighted by atomic mass is 10.1. The van der Waals surface area contributed by atoms with E-state index < -0.39 is 6.10 Å². The van der Waals surface area contributed by atoms with Crippen LogP contribution in [0.3, 0.4) is 0 Å². The van der Waals surface area contributed by atoms with Gasteiger partial charge in [0.2, 0.25) is 0 Å². The first-order valence-electron chi connectivity index (χ1n) is 9.03. The Morgan fingerprint density at radius 2 is 2.19 bits per heavy atom. The van der Waals surface area contributed by atoms with Crippen molar-refractivity contribution in [3.05, 3.63) is 35.6 Å². The molecule has 1 aliphatic heterocycles. The monoisotopic (exact) mass is 357 g/mol. The summed E-state index contributed by atoms with van der Waals surface area (Å²) >= 11 is 0. The van der Waals surface area contributed by atoms with Gasteiger partial charge in [-0.25, -0.2) is 4.98 Å². The molecule has 2 fully saturated rings. The quantitative estimate of drug-likeness (QED) is 0.876. The molecule has 4 rings (SSSR count). The minimum absolute atomic E-state index is 0.0670. The van der Waals surface area contributed by atoms with Gasteiger partial charge in [0.1, 0.15) is 5.82 Å². The van der Waals surface area contributed by atoms with Crippen LogP contribution in [0.5, 0.6) is 0 Å². The van der Waals surface area contributed by atoms with Gasteiger partial charge < -0.3 is 19.5 Å². The Hall–Kier alpha value is -2.48. The lowest BCUT2D eigenvalue weighted by Gasteiger charge is -2.35. The van der Waals surface area contributed by atoms with E-state index in [-0.39, 0.29) is 12.0 Å². The number of pyridine rings is 1. The van der Waals surface area contributed by atoms with Gasteiger partial charge >= 0.3 is 0 Å². The number of nitrogens with one attached hydrogen (secondary N) is 1. The summed E-state index contributed by atoms with van der Waals surface area (Å²) in [6, 6.07) is 3.68. The molecule has 8 nitrogen and oxygen atoms in total. The molecule has 138 valence electrons. The molecule has 1 saturated carbocycles. The van der Waals surface area contributed by atoms with Gasteiger partial charge in [-0.15, -0.1) is 0 Å². The molecule has 0 bridgehead atoms. The molecular formula is C18H23N5O3. The third kappa shape index (κ3) is 3.85. The van der Waals surface area contributed by atoms with Gasteiger partial charge in [0, 0.05) is 19.3 Å². The van der Waals surface area contributed by atoms with E-state index in [0.29, 0.717) is 30.4 Å². The third-order valence-electron chi connectivity index (χ3n) is 4.65. The second kappa shape index (κ2) is 7.03. The van der Waals surface area contributed by atoms with E-state index in [1.54, 1.807) is 18.0 Å². The highest BCUT2D eigenvalue weighted by atomic mass is 16.5. The van der Waals surface area contributed by atoms with Gasteiger partial charge in [0.15, 0.2) is 11.9 Å². The van der Waals surface area contributed by atoms with Crippen LogP contribution >= 0.6 is 0 Å². The van der Waals surface area contributed by atoms with Crippen molar-refractivity contribution >= 4 is 11.7 Å². The van der Waals surface area contributed by atoms with Crippen molar-refractivity contribution in [2.75, 3.05) is 25.0 Å². The molecule has 8 heteroatoms. The minimum atomic E-state index is -0.406. The van der Waals surface area contributed by atoms with Crippen molar-refractivity contribution in [1.82, 2.24) is 20.0 Å². The average molecular weight is 357 g/mol. The van der Waals surface area contributed by atoms with Gasteiger partial charge in [-0.3, -0.25) is 4.79 Å². The zero-order chi connectivity index (χ0) is 18.1. The molecule has 1 amide bonds. The Balaban J connectivity index is 1.42. The Morgan fingerprint density at radius 1 is 1.35 bits per heavy atom. The summed E-state index contributed by atoms with van der Waals surface area (Å²) in [4.78, 5) is 23.2. The Labute approximate surface area is 151 Å². The predicted octanol–water partition coefficient (Wildman–Crippen LogP) is 2.20. The van der Waals surface area contributed by atoms with E-state index in [9.17, 15) is 4.79 Å². The summed E-state index contributed by atoms with van der Waals surface area (Å²) in [5.41, 5.74) is 0.566. The number of amides is 1. The molecule has 2 atom stereocenters. The number of aromatic nitrogens is 3. The summed E-state index contributed by atoms with van der Waals surface area (Å²) < 4.78 is 11.1. The van der Waals surface area contributed by atoms with Gasteiger partial charge in [0.05, 0.1) is 18.2 Å². The first-order chi connectivity index (χ1) is 12.6. The number of hydrogen-bond acceptors (Lipinski definition) is 7. The van der Waals surface area contributed by atoms with E-state index >= 15 is 0 Å². The highest BCUT2D eigenvalue weighted by Crippen LogP contribution is 2.29. The maximum Gasteiger partial charge on any atom is 0.257 e. The van der Waals surface area contributed by atoms with Gasteiger partial charge in [0.25, 0.3) is 11.8 Å². The van der Waals surface area contributed by atoms with E-state index in [0.717, 1.165) is 18.3 Å². The molecule has 1 saturated heterocycles. The van der Waals surface area contributed by atoms with Crippen LogP contribution in [0.15, 0.2) is 22.9 Å². The van der Waals surface area contributed by atoms with Crippen molar-refractivity contribution in [2.24, 2.45) is 5.92 Å². The van der Waals surface area contributed by atoms with Crippen LogP contribution in [0, 0.1) is 12.8 Å². The van der Waals surface area contributed by atoms with E-state index in [2.05, 4.69) is 20.4 Å². The lowest BCUT2D eigenvalue weighted by Crippen LogP contribution is -2.46. The number of hydrogen-bond donors (Lipinski definition) is 1. The number of nitrogens with zero attached hydrogens (tertiary/aromatic N) is 4. The number of rotatable bonds is 5. The zero-order valence-corrected chi connectivity index (χ0v) is 15.0. The molecule has 0 unspecified atom stereocenters. The molecule has 1 N–H and O–H groups in total. The summed E-state index contributed by atoms with van der Waals surface area (Å²) in [6.07, 6.45) is 3.69. The number of carbonyl (C=O) groups is 1. The fraction of sp³-hybridized carbons (Fsp3) is 0.556. The summed E-state index contributed by atoms with van der Waals surface area (Å²) in [5.74, 6) is 2.48. The van der Waals surface area contributed by atoms with E-state index in [1.807, 2.05) is 19.1 Å². The highest BCUT2D eigenvalue weighted by molar-refractivity contribution is 5.94. The zero-order valence-electron chi connectivity index (χ0n) is 15.0. The molecule has 2 aromatic rings. The predicted molar refractivity (Wildman–Crippen MR) is 93.7 cm³/mol. The number of morpholine rings is 1. The van der Waals surface area contributed by atoms with Gasteiger partial charge in [-0.05, 0) is 44.7 Å². The van der Waals surface area contributed by atoms with Gasteiger partial charge in [-0.1, -0.05) is 5.16 Å². The van der Waals surface area contributed by atoms with Crippen LogP contribution in [0.2, 0.25) is 0 Å². The number of aryl methyl sites for hydroxylation is 1. The van der Waals surface area contributed by atoms with Crippen molar-refractivity contribution in [3.8, 4) is 0 Å². The van der Waals surface area contributed by atoms with E-state index in [1.165, 1.54) is 12.8 Å². The summed E-state index contributed by atoms with van der Waals surface area (Å²) in [6.45, 7) is 5.54. The molecule has 0 radical (unpaired) electrons. The number of carbonyl (C=O) groups excluding carboxylic acids is 1. The molecular weight excluding hydrogens is 334 g/mol. The molecule has 2 aliphatic rings. The molecule has 26 heavy (non-hydrogen) atoms. The summed E-state index contributed by atoms with van der Waals surface area (Å²) in [7, 11) is 0. The highest BCUT2D eigenvalue weighted by Gasteiger charge is 2.33. The van der Waals surface area contributed by atoms with Crippen LogP contribution in [-0.2, 0) is 4.74 Å². The van der Waals surface area contributed by atoms with Crippen LogP contribution < -0.4 is 5.32 Å². The third-order valence-corrected chi connectivity index (χ3v) is 4.65. The maximum absolute atomic E-state index is 12.9. The van der Waals surface area contributed by atoms with Crippen LogP contribution in [0.25, 0.3) is 0 Å². The Kier molecular flexibility index (Phi) is 4.58. The normalized spacial score (nSPS) is 23.1. The smallest absolute Gasteiger partial charge is 0.257 e. The van der Waals surface area contributed by atoms with Crippen molar-refractivity contribution in [2.45, 2.75) is 38.9 Å². The van der Waals surface area contributed by atoms with Crippen LogP contribution in [-0.4, -0.2) is 51.7 Å². The van der Waals surface area contributed by atoms with Crippen molar-refractivity contribution in [1.29, 1.82) is 0 Å². The number of ether oxygens (including phenoxy) is 1. The molecule has 0 aromatic carbocycles. The van der Waals surface area contributed by atoms with E-state index in [4.69, 9.17) is 9.26 Å². The van der Waals surface area contributed by atoms with Gasteiger partial charge in [-0.2, -0.15) is 4.98 Å². The second-order valence-electron chi connectivity index (χ2n) is 7.08. The lowest BCUT2D eigenvalue weighted by molar-refractivity contribution is -0.0810. The molecule has 3 heterocycles. The van der Waals surface area contributed by atoms with Crippen LogP contribution in [0.1, 0.15) is 47.9 Å². The van der Waals surface area contributed by atoms with Crippen molar-refractivity contribution in [3.63, 3.8) is 0 Å². The molecule has 1 aliphatic carbocycles.